The molecule has 0 aliphatic carbocycles. The number of hydrogen-bond donors (Lipinski definition) is 2. The molecule has 2 rings (SSSR count). The zero-order valence-electron chi connectivity index (χ0n) is 13.1. The van der Waals surface area contributed by atoms with Crippen molar-refractivity contribution in [2.24, 2.45) is 4.99 Å². The first-order valence-electron chi connectivity index (χ1n) is 7.28. The lowest BCUT2D eigenvalue weighted by molar-refractivity contribution is 0.683. The van der Waals surface area contributed by atoms with Crippen LogP contribution in [0.25, 0.3) is 0 Å². The fourth-order valence-electron chi connectivity index (χ4n) is 2.00. The summed E-state index contributed by atoms with van der Waals surface area (Å²) in [7, 11) is 1.77. The average molecular weight is 337 g/mol. The number of halogens is 1. The first-order chi connectivity index (χ1) is 10.6. The lowest BCUT2D eigenvalue weighted by atomic mass is 10.1. The van der Waals surface area contributed by atoms with Crippen molar-refractivity contribution in [1.82, 2.24) is 15.6 Å². The summed E-state index contributed by atoms with van der Waals surface area (Å²) in [6, 6.07) is 7.97. The van der Waals surface area contributed by atoms with Crippen molar-refractivity contribution < 1.29 is 0 Å². The van der Waals surface area contributed by atoms with E-state index < -0.39 is 0 Å². The molecule has 0 radical (unpaired) electrons. The number of nitrogens with one attached hydrogen (secondary N) is 2. The highest BCUT2D eigenvalue weighted by Crippen LogP contribution is 2.16. The third-order valence-electron chi connectivity index (χ3n) is 3.29. The molecule has 0 spiro atoms. The van der Waals surface area contributed by atoms with Gasteiger partial charge in [-0.25, -0.2) is 4.98 Å². The molecule has 118 valence electrons. The number of thiazole rings is 1. The van der Waals surface area contributed by atoms with Crippen molar-refractivity contribution >= 4 is 28.9 Å². The molecule has 1 atom stereocenters. The van der Waals surface area contributed by atoms with E-state index >= 15 is 0 Å². The van der Waals surface area contributed by atoms with E-state index in [1.54, 1.807) is 18.4 Å². The number of aromatic nitrogens is 1. The number of aryl methyl sites for hydroxylation is 1. The summed E-state index contributed by atoms with van der Waals surface area (Å²) in [5.41, 5.74) is 2.21. The number of aliphatic imine (C=N–C) groups is 1. The van der Waals surface area contributed by atoms with E-state index in [1.807, 2.05) is 24.3 Å². The Labute approximate surface area is 140 Å². The molecule has 0 fully saturated rings. The molecule has 6 heteroatoms. The summed E-state index contributed by atoms with van der Waals surface area (Å²) in [4.78, 5) is 8.80. The van der Waals surface area contributed by atoms with Crippen molar-refractivity contribution in [3.05, 3.63) is 50.9 Å². The fraction of sp³-hybridized carbons (Fsp3) is 0.375. The third kappa shape index (κ3) is 4.71. The maximum Gasteiger partial charge on any atom is 0.191 e. The van der Waals surface area contributed by atoms with Gasteiger partial charge in [-0.05, 0) is 31.0 Å². The van der Waals surface area contributed by atoms with Crippen LogP contribution in [0, 0.1) is 0 Å². The van der Waals surface area contributed by atoms with Gasteiger partial charge in [0.2, 0.25) is 0 Å². The summed E-state index contributed by atoms with van der Waals surface area (Å²) in [6.45, 7) is 4.88. The van der Waals surface area contributed by atoms with Crippen LogP contribution in [0.1, 0.15) is 36.2 Å². The van der Waals surface area contributed by atoms with Gasteiger partial charge >= 0.3 is 0 Å². The topological polar surface area (TPSA) is 49.3 Å². The Kier molecular flexibility index (Phi) is 6.21. The van der Waals surface area contributed by atoms with E-state index in [-0.39, 0.29) is 6.04 Å². The third-order valence-corrected chi connectivity index (χ3v) is 4.58. The molecular formula is C16H21ClN4S. The highest BCUT2D eigenvalue weighted by molar-refractivity contribution is 7.09. The Bertz CT molecular complexity index is 621. The first kappa shape index (κ1) is 16.8. The fourth-order valence-corrected chi connectivity index (χ4v) is 2.87. The average Bonchev–Trinajstić information content (AvgIpc) is 3.00. The normalized spacial score (nSPS) is 13.0. The first-order valence-corrected chi connectivity index (χ1v) is 8.54. The van der Waals surface area contributed by atoms with Crippen LogP contribution in [0.2, 0.25) is 5.02 Å². The lowest BCUT2D eigenvalue weighted by Crippen LogP contribution is -2.38. The van der Waals surface area contributed by atoms with Crippen molar-refractivity contribution in [3.8, 4) is 0 Å². The molecule has 0 aliphatic rings. The Morgan fingerprint density at radius 1 is 1.36 bits per heavy atom. The monoisotopic (exact) mass is 336 g/mol. The van der Waals surface area contributed by atoms with Gasteiger partial charge in [0, 0.05) is 17.5 Å². The minimum Gasteiger partial charge on any atom is -0.351 e. The minimum atomic E-state index is 0.144. The standard InChI is InChI=1S/C16H21ClN4S/c1-4-15-21-14(10-22-15)9-19-16(18-3)20-11(2)12-5-7-13(17)8-6-12/h5-8,10-11H,4,9H2,1-3H3,(H2,18,19,20). The molecule has 2 aromatic rings. The van der Waals surface area contributed by atoms with Crippen molar-refractivity contribution in [2.75, 3.05) is 7.05 Å². The molecule has 1 aromatic carbocycles. The Morgan fingerprint density at radius 3 is 2.68 bits per heavy atom. The van der Waals surface area contributed by atoms with Gasteiger partial charge < -0.3 is 10.6 Å². The van der Waals surface area contributed by atoms with Gasteiger partial charge in [-0.2, -0.15) is 0 Å². The molecule has 0 bridgehead atoms. The van der Waals surface area contributed by atoms with Gasteiger partial charge in [-0.15, -0.1) is 11.3 Å². The molecular weight excluding hydrogens is 316 g/mol. The summed E-state index contributed by atoms with van der Waals surface area (Å²) < 4.78 is 0. The number of guanidine groups is 1. The summed E-state index contributed by atoms with van der Waals surface area (Å²) in [6.07, 6.45) is 0.977. The lowest BCUT2D eigenvalue weighted by Gasteiger charge is -2.18. The van der Waals surface area contributed by atoms with Crippen LogP contribution in [0.3, 0.4) is 0 Å². The summed E-state index contributed by atoms with van der Waals surface area (Å²) in [5, 5.41) is 10.6. The quantitative estimate of drug-likeness (QED) is 0.645. The number of benzene rings is 1. The van der Waals surface area contributed by atoms with E-state index in [0.29, 0.717) is 6.54 Å². The minimum absolute atomic E-state index is 0.144. The zero-order valence-corrected chi connectivity index (χ0v) is 14.6. The molecule has 0 saturated carbocycles. The Hall–Kier alpha value is -1.59. The number of rotatable bonds is 5. The van der Waals surface area contributed by atoms with Gasteiger partial charge in [-0.3, -0.25) is 4.99 Å². The SMILES string of the molecule is CCc1nc(CNC(=NC)NC(C)c2ccc(Cl)cc2)cs1. The largest absolute Gasteiger partial charge is 0.351 e. The van der Waals surface area contributed by atoms with E-state index in [1.165, 1.54) is 0 Å². The smallest absolute Gasteiger partial charge is 0.191 e. The van der Waals surface area contributed by atoms with Gasteiger partial charge in [0.15, 0.2) is 5.96 Å². The molecule has 0 saturated heterocycles. The molecule has 0 aliphatic heterocycles. The maximum absolute atomic E-state index is 5.92. The molecule has 1 heterocycles. The molecule has 1 unspecified atom stereocenters. The highest BCUT2D eigenvalue weighted by Gasteiger charge is 2.08. The van der Waals surface area contributed by atoms with Gasteiger partial charge in [0.05, 0.1) is 23.3 Å². The van der Waals surface area contributed by atoms with Crippen LogP contribution < -0.4 is 10.6 Å². The molecule has 4 nitrogen and oxygen atoms in total. The summed E-state index contributed by atoms with van der Waals surface area (Å²) >= 11 is 7.62. The highest BCUT2D eigenvalue weighted by atomic mass is 35.5. The van der Waals surface area contributed by atoms with Crippen molar-refractivity contribution in [3.63, 3.8) is 0 Å². The van der Waals surface area contributed by atoms with Gasteiger partial charge in [0.1, 0.15) is 0 Å². The number of hydrogen-bond acceptors (Lipinski definition) is 3. The van der Waals surface area contributed by atoms with Gasteiger partial charge in [0.25, 0.3) is 0 Å². The van der Waals surface area contributed by atoms with E-state index in [9.17, 15) is 0 Å². The second-order valence-electron chi connectivity index (χ2n) is 4.93. The molecule has 0 amide bonds. The van der Waals surface area contributed by atoms with E-state index in [0.717, 1.165) is 33.7 Å². The Balaban J connectivity index is 1.90. The number of nitrogens with zero attached hydrogens (tertiary/aromatic N) is 2. The second kappa shape index (κ2) is 8.15. The predicted octanol–water partition coefficient (Wildman–Crippen LogP) is 3.79. The van der Waals surface area contributed by atoms with E-state index in [2.05, 4.69) is 39.8 Å². The van der Waals surface area contributed by atoms with E-state index in [4.69, 9.17) is 11.6 Å². The zero-order chi connectivity index (χ0) is 15.9. The van der Waals surface area contributed by atoms with Crippen LogP contribution in [-0.2, 0) is 13.0 Å². The molecule has 22 heavy (non-hydrogen) atoms. The van der Waals surface area contributed by atoms with Gasteiger partial charge in [-0.1, -0.05) is 30.7 Å². The van der Waals surface area contributed by atoms with Crippen molar-refractivity contribution in [1.29, 1.82) is 0 Å². The predicted molar refractivity (Wildman–Crippen MR) is 94.7 cm³/mol. The van der Waals surface area contributed by atoms with Crippen LogP contribution >= 0.6 is 22.9 Å². The summed E-state index contributed by atoms with van der Waals surface area (Å²) in [5.74, 6) is 0.758. The molecule has 2 N–H and O–H groups in total. The molecule has 1 aromatic heterocycles. The van der Waals surface area contributed by atoms with Crippen molar-refractivity contribution in [2.45, 2.75) is 32.9 Å². The second-order valence-corrected chi connectivity index (χ2v) is 6.31. The Morgan fingerprint density at radius 2 is 2.09 bits per heavy atom. The maximum atomic E-state index is 5.92. The van der Waals surface area contributed by atoms with Crippen LogP contribution in [-0.4, -0.2) is 18.0 Å². The van der Waals surface area contributed by atoms with Crippen LogP contribution in [0.5, 0.6) is 0 Å². The van der Waals surface area contributed by atoms with Crippen LogP contribution in [0.15, 0.2) is 34.6 Å². The van der Waals surface area contributed by atoms with Crippen LogP contribution in [0.4, 0.5) is 0 Å².